The molecule has 0 amide bonds. The lowest BCUT2D eigenvalue weighted by Crippen LogP contribution is -2.15. The molecule has 2 heterocycles. The lowest BCUT2D eigenvalue weighted by Gasteiger charge is -2.15. The van der Waals surface area contributed by atoms with E-state index in [2.05, 4.69) is 10.1 Å². The van der Waals surface area contributed by atoms with Gasteiger partial charge in [-0.3, -0.25) is 9.67 Å². The van der Waals surface area contributed by atoms with Gasteiger partial charge in [-0.25, -0.2) is 4.79 Å². The molecule has 3 rings (SSSR count). The van der Waals surface area contributed by atoms with Crippen LogP contribution in [0.5, 0.6) is 0 Å². The van der Waals surface area contributed by atoms with Gasteiger partial charge in [0.1, 0.15) is 0 Å². The summed E-state index contributed by atoms with van der Waals surface area (Å²) < 4.78 is 1.47. The van der Waals surface area contributed by atoms with Crippen molar-refractivity contribution >= 4 is 5.97 Å². The summed E-state index contributed by atoms with van der Waals surface area (Å²) >= 11 is 0. The van der Waals surface area contributed by atoms with Gasteiger partial charge >= 0.3 is 5.97 Å². The van der Waals surface area contributed by atoms with Crippen molar-refractivity contribution in [3.63, 3.8) is 0 Å². The normalized spacial score (nSPS) is 12.0. The second-order valence-electron chi connectivity index (χ2n) is 5.45. The van der Waals surface area contributed by atoms with Crippen LogP contribution in [0.25, 0.3) is 0 Å². The van der Waals surface area contributed by atoms with Gasteiger partial charge in [-0.1, -0.05) is 30.3 Å². The fourth-order valence-electron chi connectivity index (χ4n) is 2.53. The molecule has 0 aliphatic rings. The molecule has 2 N–H and O–H groups in total. The summed E-state index contributed by atoms with van der Waals surface area (Å²) in [6.07, 6.45) is 5.20. The zero-order valence-corrected chi connectivity index (χ0v) is 12.9. The molecule has 122 valence electrons. The quantitative estimate of drug-likeness (QED) is 0.725. The van der Waals surface area contributed by atoms with Gasteiger partial charge in [0.05, 0.1) is 24.4 Å². The maximum atomic E-state index is 11.0. The Morgan fingerprint density at radius 1 is 1.17 bits per heavy atom. The lowest BCUT2D eigenvalue weighted by atomic mass is 10.0. The zero-order valence-electron chi connectivity index (χ0n) is 12.9. The molecule has 0 spiro atoms. The number of hydrogen-bond donors (Lipinski definition) is 2. The van der Waals surface area contributed by atoms with E-state index in [9.17, 15) is 9.90 Å². The monoisotopic (exact) mass is 323 g/mol. The van der Waals surface area contributed by atoms with E-state index in [1.54, 1.807) is 6.20 Å². The van der Waals surface area contributed by atoms with Crippen LogP contribution in [0.2, 0.25) is 0 Å². The highest BCUT2D eigenvalue weighted by atomic mass is 16.4. The largest absolute Gasteiger partial charge is 0.478 e. The summed E-state index contributed by atoms with van der Waals surface area (Å²) in [5.74, 6) is -1.04. The Bertz CT molecular complexity index is 813. The lowest BCUT2D eigenvalue weighted by molar-refractivity contribution is 0.0696. The van der Waals surface area contributed by atoms with Crippen LogP contribution in [0.15, 0.2) is 61.1 Å². The number of aliphatic hydroxyl groups is 1. The van der Waals surface area contributed by atoms with Gasteiger partial charge in [-0.15, -0.1) is 0 Å². The standard InChI is InChI=1S/C18H17N3O3/c22-12-17(21-11-15(10-20-21)18(23)24)14-6-4-13(5-7-14)9-16-3-1-2-8-19-16/h1-8,10-11,17,22H,9,12H2,(H,23,24). The SMILES string of the molecule is O=C(O)c1cnn(C(CO)c2ccc(Cc3ccccn3)cc2)c1. The van der Waals surface area contributed by atoms with Crippen molar-refractivity contribution < 1.29 is 15.0 Å². The van der Waals surface area contributed by atoms with Crippen molar-refractivity contribution in [2.75, 3.05) is 6.61 Å². The fraction of sp³-hybridized carbons (Fsp3) is 0.167. The number of nitrogens with zero attached hydrogens (tertiary/aromatic N) is 3. The molecule has 0 bridgehead atoms. The number of carbonyl (C=O) groups is 1. The third kappa shape index (κ3) is 3.49. The Kier molecular flexibility index (Phi) is 4.67. The molecule has 0 aliphatic heterocycles. The van der Waals surface area contributed by atoms with Crippen molar-refractivity contribution in [3.05, 3.63) is 83.4 Å². The van der Waals surface area contributed by atoms with E-state index in [1.165, 1.54) is 17.1 Å². The minimum absolute atomic E-state index is 0.0974. The van der Waals surface area contributed by atoms with Crippen LogP contribution in [-0.2, 0) is 6.42 Å². The van der Waals surface area contributed by atoms with E-state index >= 15 is 0 Å². The molecule has 1 aromatic carbocycles. The predicted molar refractivity (Wildman–Crippen MR) is 87.9 cm³/mol. The summed E-state index contributed by atoms with van der Waals surface area (Å²) in [5.41, 5.74) is 3.06. The third-order valence-corrected chi connectivity index (χ3v) is 3.82. The second kappa shape index (κ2) is 7.06. The number of pyridine rings is 1. The molecule has 0 radical (unpaired) electrons. The van der Waals surface area contributed by atoms with Gasteiger partial charge in [-0.05, 0) is 23.3 Å². The van der Waals surface area contributed by atoms with E-state index in [4.69, 9.17) is 5.11 Å². The Morgan fingerprint density at radius 2 is 1.96 bits per heavy atom. The highest BCUT2D eigenvalue weighted by molar-refractivity contribution is 5.86. The Morgan fingerprint density at radius 3 is 2.54 bits per heavy atom. The summed E-state index contributed by atoms with van der Waals surface area (Å²) in [6, 6.07) is 13.2. The number of aromatic nitrogens is 3. The predicted octanol–water partition coefficient (Wildman–Crippen LogP) is 2.15. The van der Waals surface area contributed by atoms with Crippen molar-refractivity contribution in [3.8, 4) is 0 Å². The summed E-state index contributed by atoms with van der Waals surface area (Å²) in [4.78, 5) is 15.3. The van der Waals surface area contributed by atoms with E-state index in [1.807, 2.05) is 42.5 Å². The first-order chi connectivity index (χ1) is 11.7. The number of aromatic carboxylic acids is 1. The maximum absolute atomic E-state index is 11.0. The van der Waals surface area contributed by atoms with Gasteiger partial charge in [0.25, 0.3) is 0 Å². The minimum atomic E-state index is -1.04. The molecular formula is C18H17N3O3. The molecule has 6 heteroatoms. The molecule has 6 nitrogen and oxygen atoms in total. The molecule has 0 fully saturated rings. The van der Waals surface area contributed by atoms with Crippen LogP contribution < -0.4 is 0 Å². The van der Waals surface area contributed by atoms with Crippen LogP contribution in [0.1, 0.15) is 33.2 Å². The van der Waals surface area contributed by atoms with E-state index in [0.29, 0.717) is 0 Å². The summed E-state index contributed by atoms with van der Waals surface area (Å²) in [5, 5.41) is 22.7. The van der Waals surface area contributed by atoms with Gasteiger partial charge in [0, 0.05) is 24.5 Å². The van der Waals surface area contributed by atoms with Gasteiger partial charge in [0.2, 0.25) is 0 Å². The van der Waals surface area contributed by atoms with Crippen LogP contribution in [0.3, 0.4) is 0 Å². The number of benzene rings is 1. The maximum Gasteiger partial charge on any atom is 0.338 e. The average Bonchev–Trinajstić information content (AvgIpc) is 3.08. The summed E-state index contributed by atoms with van der Waals surface area (Å²) in [6.45, 7) is -0.166. The van der Waals surface area contributed by atoms with Crippen LogP contribution in [-0.4, -0.2) is 37.6 Å². The number of hydrogen-bond acceptors (Lipinski definition) is 4. The molecule has 1 atom stereocenters. The zero-order chi connectivity index (χ0) is 16.9. The highest BCUT2D eigenvalue weighted by Gasteiger charge is 2.16. The Hall–Kier alpha value is -2.99. The molecule has 2 aromatic heterocycles. The van der Waals surface area contributed by atoms with Gasteiger partial charge in [-0.2, -0.15) is 5.10 Å². The van der Waals surface area contributed by atoms with Crippen molar-refractivity contribution in [2.24, 2.45) is 0 Å². The first-order valence-corrected chi connectivity index (χ1v) is 7.54. The molecule has 0 saturated heterocycles. The van der Waals surface area contributed by atoms with Crippen LogP contribution in [0, 0.1) is 0 Å². The number of carboxylic acids is 1. The Balaban J connectivity index is 1.78. The fourth-order valence-corrected chi connectivity index (χ4v) is 2.53. The second-order valence-corrected chi connectivity index (χ2v) is 5.45. The third-order valence-electron chi connectivity index (χ3n) is 3.82. The van der Waals surface area contributed by atoms with Crippen molar-refractivity contribution in [1.82, 2.24) is 14.8 Å². The molecule has 0 saturated carbocycles. The summed E-state index contributed by atoms with van der Waals surface area (Å²) in [7, 11) is 0. The van der Waals surface area contributed by atoms with E-state index in [-0.39, 0.29) is 12.2 Å². The van der Waals surface area contributed by atoms with E-state index in [0.717, 1.165) is 23.2 Å². The van der Waals surface area contributed by atoms with Gasteiger partial charge in [0.15, 0.2) is 0 Å². The number of aliphatic hydroxyl groups excluding tert-OH is 1. The van der Waals surface area contributed by atoms with E-state index < -0.39 is 12.0 Å². The molecular weight excluding hydrogens is 306 g/mol. The topological polar surface area (TPSA) is 88.2 Å². The van der Waals surface area contributed by atoms with Crippen molar-refractivity contribution in [1.29, 1.82) is 0 Å². The van der Waals surface area contributed by atoms with Crippen molar-refractivity contribution in [2.45, 2.75) is 12.5 Å². The average molecular weight is 323 g/mol. The number of carboxylic acid groups (broad SMARTS) is 1. The van der Waals surface area contributed by atoms with Crippen LogP contribution in [0.4, 0.5) is 0 Å². The first-order valence-electron chi connectivity index (χ1n) is 7.54. The van der Waals surface area contributed by atoms with Crippen LogP contribution >= 0.6 is 0 Å². The Labute approximate surface area is 139 Å². The highest BCUT2D eigenvalue weighted by Crippen LogP contribution is 2.19. The van der Waals surface area contributed by atoms with Gasteiger partial charge < -0.3 is 10.2 Å². The molecule has 3 aromatic rings. The molecule has 1 unspecified atom stereocenters. The first kappa shape index (κ1) is 15.9. The molecule has 24 heavy (non-hydrogen) atoms. The molecule has 0 aliphatic carbocycles. The minimum Gasteiger partial charge on any atom is -0.478 e. The number of rotatable bonds is 6. The smallest absolute Gasteiger partial charge is 0.338 e.